The summed E-state index contributed by atoms with van der Waals surface area (Å²) < 4.78 is 3.82. The number of aromatic nitrogens is 2. The first-order valence-electron chi connectivity index (χ1n) is 4.65. The van der Waals surface area contributed by atoms with Crippen molar-refractivity contribution in [3.8, 4) is 0 Å². The molecule has 72 valence electrons. The van der Waals surface area contributed by atoms with Gasteiger partial charge in [-0.2, -0.15) is 0 Å². The van der Waals surface area contributed by atoms with Gasteiger partial charge >= 0.3 is 0 Å². The first-order valence-corrected chi connectivity index (χ1v) is 5.43. The van der Waals surface area contributed by atoms with Gasteiger partial charge in [-0.15, -0.1) is 5.10 Å². The Labute approximate surface area is 81.9 Å². The summed E-state index contributed by atoms with van der Waals surface area (Å²) >= 11 is 1.47. The Kier molecular flexibility index (Phi) is 3.23. The fourth-order valence-electron chi connectivity index (χ4n) is 1.54. The van der Waals surface area contributed by atoms with Crippen molar-refractivity contribution in [2.45, 2.75) is 25.4 Å². The Morgan fingerprint density at radius 1 is 1.69 bits per heavy atom. The Morgan fingerprint density at radius 2 is 2.69 bits per heavy atom. The standard InChI is InChI=1S/C8H14N4S/c1-2-7(4-9-3-1)10-5-8-6-11-12-13-8/h6-7,9-10H,1-5H2. The zero-order valence-corrected chi connectivity index (χ0v) is 8.31. The van der Waals surface area contributed by atoms with Crippen LogP contribution in [0.25, 0.3) is 0 Å². The highest BCUT2D eigenvalue weighted by molar-refractivity contribution is 7.05. The van der Waals surface area contributed by atoms with Crippen LogP contribution in [0, 0.1) is 0 Å². The van der Waals surface area contributed by atoms with Crippen LogP contribution in [0.2, 0.25) is 0 Å². The second-order valence-electron chi connectivity index (χ2n) is 3.31. The molecule has 1 aromatic rings. The van der Waals surface area contributed by atoms with Gasteiger partial charge in [-0.05, 0) is 30.9 Å². The van der Waals surface area contributed by atoms with Crippen LogP contribution in [0.3, 0.4) is 0 Å². The van der Waals surface area contributed by atoms with Gasteiger partial charge in [0.2, 0.25) is 0 Å². The third kappa shape index (κ3) is 2.72. The van der Waals surface area contributed by atoms with Gasteiger partial charge in [-0.1, -0.05) is 4.49 Å². The molecule has 1 aliphatic rings. The normalized spacial score (nSPS) is 23.2. The first kappa shape index (κ1) is 9.05. The van der Waals surface area contributed by atoms with Crippen LogP contribution in [0.15, 0.2) is 6.20 Å². The molecule has 0 aliphatic carbocycles. The maximum atomic E-state index is 3.82. The van der Waals surface area contributed by atoms with Gasteiger partial charge in [-0.3, -0.25) is 0 Å². The minimum atomic E-state index is 0.621. The largest absolute Gasteiger partial charge is 0.315 e. The Bertz CT molecular complexity index is 230. The quantitative estimate of drug-likeness (QED) is 0.737. The molecule has 0 saturated carbocycles. The first-order chi connectivity index (χ1) is 6.45. The van der Waals surface area contributed by atoms with E-state index in [4.69, 9.17) is 0 Å². The molecule has 13 heavy (non-hydrogen) atoms. The predicted molar refractivity (Wildman–Crippen MR) is 52.6 cm³/mol. The number of hydrogen-bond donors (Lipinski definition) is 2. The van der Waals surface area contributed by atoms with Crippen molar-refractivity contribution < 1.29 is 0 Å². The van der Waals surface area contributed by atoms with E-state index in [9.17, 15) is 0 Å². The number of hydrogen-bond acceptors (Lipinski definition) is 5. The smallest absolute Gasteiger partial charge is 0.0666 e. The lowest BCUT2D eigenvalue weighted by molar-refractivity contribution is 0.390. The highest BCUT2D eigenvalue weighted by Gasteiger charge is 2.11. The van der Waals surface area contributed by atoms with E-state index in [1.807, 2.05) is 6.20 Å². The van der Waals surface area contributed by atoms with E-state index >= 15 is 0 Å². The van der Waals surface area contributed by atoms with Gasteiger partial charge in [0.25, 0.3) is 0 Å². The second kappa shape index (κ2) is 4.64. The van der Waals surface area contributed by atoms with Crippen LogP contribution in [0.5, 0.6) is 0 Å². The van der Waals surface area contributed by atoms with Crippen molar-refractivity contribution in [2.75, 3.05) is 13.1 Å². The summed E-state index contributed by atoms with van der Waals surface area (Å²) in [6.45, 7) is 3.16. The monoisotopic (exact) mass is 198 g/mol. The van der Waals surface area contributed by atoms with E-state index in [2.05, 4.69) is 20.2 Å². The van der Waals surface area contributed by atoms with E-state index in [1.165, 1.54) is 35.8 Å². The van der Waals surface area contributed by atoms with E-state index in [1.54, 1.807) is 0 Å². The fourth-order valence-corrected chi connectivity index (χ4v) is 1.98. The molecule has 0 spiro atoms. The van der Waals surface area contributed by atoms with Crippen molar-refractivity contribution in [2.24, 2.45) is 0 Å². The van der Waals surface area contributed by atoms with Crippen LogP contribution in [0.4, 0.5) is 0 Å². The van der Waals surface area contributed by atoms with Gasteiger partial charge in [0, 0.05) is 19.1 Å². The van der Waals surface area contributed by atoms with Gasteiger partial charge in [-0.25, -0.2) is 0 Å². The molecular formula is C8H14N4S. The van der Waals surface area contributed by atoms with E-state index in [0.29, 0.717) is 6.04 Å². The van der Waals surface area contributed by atoms with Crippen molar-refractivity contribution in [1.29, 1.82) is 0 Å². The van der Waals surface area contributed by atoms with Crippen LogP contribution in [-0.2, 0) is 6.54 Å². The van der Waals surface area contributed by atoms with Gasteiger partial charge in [0.15, 0.2) is 0 Å². The highest BCUT2D eigenvalue weighted by Crippen LogP contribution is 2.05. The molecule has 0 aromatic carbocycles. The Morgan fingerprint density at radius 3 is 3.38 bits per heavy atom. The summed E-state index contributed by atoms with van der Waals surface area (Å²) in [6, 6.07) is 0.621. The van der Waals surface area contributed by atoms with Crippen LogP contribution >= 0.6 is 11.5 Å². The van der Waals surface area contributed by atoms with Crippen LogP contribution in [-0.4, -0.2) is 28.7 Å². The minimum absolute atomic E-state index is 0.621. The fraction of sp³-hybridized carbons (Fsp3) is 0.750. The highest BCUT2D eigenvalue weighted by atomic mass is 32.1. The summed E-state index contributed by atoms with van der Waals surface area (Å²) in [6.07, 6.45) is 4.38. The van der Waals surface area contributed by atoms with Crippen LogP contribution in [0.1, 0.15) is 17.7 Å². The molecule has 2 rings (SSSR count). The number of rotatable bonds is 3. The molecule has 1 saturated heterocycles. The average molecular weight is 198 g/mol. The summed E-state index contributed by atoms with van der Waals surface area (Å²) in [5.41, 5.74) is 0. The molecule has 2 N–H and O–H groups in total. The minimum Gasteiger partial charge on any atom is -0.315 e. The average Bonchev–Trinajstić information content (AvgIpc) is 2.69. The van der Waals surface area contributed by atoms with E-state index in [-0.39, 0.29) is 0 Å². The third-order valence-corrected chi connectivity index (χ3v) is 2.93. The van der Waals surface area contributed by atoms with Crippen LogP contribution < -0.4 is 10.6 Å². The lowest BCUT2D eigenvalue weighted by Gasteiger charge is -2.23. The molecule has 1 atom stereocenters. The molecule has 1 aromatic heterocycles. The lowest BCUT2D eigenvalue weighted by Crippen LogP contribution is -2.42. The lowest BCUT2D eigenvalue weighted by atomic mass is 10.1. The predicted octanol–water partition coefficient (Wildman–Crippen LogP) is 0.380. The Balaban J connectivity index is 1.72. The molecule has 0 amide bonds. The van der Waals surface area contributed by atoms with Crippen molar-refractivity contribution >= 4 is 11.5 Å². The number of piperidine rings is 1. The topological polar surface area (TPSA) is 49.8 Å². The van der Waals surface area contributed by atoms with E-state index in [0.717, 1.165) is 13.1 Å². The molecule has 0 radical (unpaired) electrons. The van der Waals surface area contributed by atoms with Gasteiger partial charge in [0.1, 0.15) is 0 Å². The van der Waals surface area contributed by atoms with Crippen molar-refractivity contribution in [1.82, 2.24) is 20.2 Å². The van der Waals surface area contributed by atoms with Crippen molar-refractivity contribution in [3.05, 3.63) is 11.1 Å². The Hall–Kier alpha value is -0.520. The molecule has 1 fully saturated rings. The van der Waals surface area contributed by atoms with Gasteiger partial charge in [0.05, 0.1) is 11.1 Å². The molecule has 2 heterocycles. The number of nitrogens with one attached hydrogen (secondary N) is 2. The maximum absolute atomic E-state index is 3.82. The second-order valence-corrected chi connectivity index (χ2v) is 4.18. The van der Waals surface area contributed by atoms with Gasteiger partial charge < -0.3 is 10.6 Å². The van der Waals surface area contributed by atoms with Crippen molar-refractivity contribution in [3.63, 3.8) is 0 Å². The summed E-state index contributed by atoms with van der Waals surface area (Å²) in [7, 11) is 0. The summed E-state index contributed by atoms with van der Waals surface area (Å²) in [5, 5.41) is 10.7. The molecule has 0 bridgehead atoms. The molecule has 5 heteroatoms. The zero-order valence-electron chi connectivity index (χ0n) is 7.49. The molecule has 4 nitrogen and oxygen atoms in total. The van der Waals surface area contributed by atoms with E-state index < -0.39 is 0 Å². The summed E-state index contributed by atoms with van der Waals surface area (Å²) in [5.74, 6) is 0. The molecule has 1 aliphatic heterocycles. The molecular weight excluding hydrogens is 184 g/mol. The maximum Gasteiger partial charge on any atom is 0.0666 e. The zero-order chi connectivity index (χ0) is 8.93. The summed E-state index contributed by atoms with van der Waals surface area (Å²) in [4.78, 5) is 1.21. The SMILES string of the molecule is c1nnsc1CNC1CCCNC1. The number of nitrogens with zero attached hydrogens (tertiary/aromatic N) is 2. The third-order valence-electron chi connectivity index (χ3n) is 2.27. The molecule has 1 unspecified atom stereocenters.